The number of aromatic nitrogens is 1. The summed E-state index contributed by atoms with van der Waals surface area (Å²) in [6.45, 7) is 3.64. The van der Waals surface area contributed by atoms with Crippen molar-refractivity contribution < 1.29 is 23.8 Å². The number of ether oxygens (including phenoxy) is 1. The lowest BCUT2D eigenvalue weighted by molar-refractivity contribution is 0.273. The largest absolute Gasteiger partial charge is 0.496 e. The van der Waals surface area contributed by atoms with Crippen molar-refractivity contribution in [1.82, 2.24) is 4.98 Å². The van der Waals surface area contributed by atoms with Gasteiger partial charge in [0.1, 0.15) is 17.1 Å². The van der Waals surface area contributed by atoms with Gasteiger partial charge in [-0.3, -0.25) is 0 Å². The van der Waals surface area contributed by atoms with Gasteiger partial charge < -0.3 is 19.4 Å². The minimum Gasteiger partial charge on any atom is -0.496 e. The highest BCUT2D eigenvalue weighted by molar-refractivity contribution is 6.34. The quantitative estimate of drug-likeness (QED) is 0.204. The molecule has 0 spiro atoms. The molecule has 5 rings (SSSR count). The van der Waals surface area contributed by atoms with Crippen LogP contribution in [0.4, 0.5) is 4.39 Å². The summed E-state index contributed by atoms with van der Waals surface area (Å²) in [6, 6.07) is 20.0. The van der Waals surface area contributed by atoms with E-state index in [0.717, 1.165) is 33.4 Å². The van der Waals surface area contributed by atoms with E-state index in [0.29, 0.717) is 44.5 Å². The topological polar surface area (TPSA) is 75.7 Å². The lowest BCUT2D eigenvalue weighted by atomic mass is 9.91. The molecule has 0 aliphatic heterocycles. The van der Waals surface area contributed by atoms with Crippen LogP contribution in [0.25, 0.3) is 45.6 Å². The molecule has 5 aromatic rings. The Morgan fingerprint density at radius 3 is 2.38 bits per heavy atom. The van der Waals surface area contributed by atoms with Crippen LogP contribution in [0.1, 0.15) is 33.4 Å². The molecule has 0 amide bonds. The molecular formula is C32H27ClFNO4. The molecule has 4 aromatic carbocycles. The fourth-order valence-corrected chi connectivity index (χ4v) is 5.03. The predicted molar refractivity (Wildman–Crippen MR) is 153 cm³/mol. The SMILES string of the molecule is COc1cc(/C(F)=C/c2cccc(-c3cccc(-c4nc5cc(CO)cc(Cl)c5o4)c3C)c2C)ccc1CO. The minimum atomic E-state index is -0.408. The third-order valence-corrected chi connectivity index (χ3v) is 7.21. The van der Waals surface area contributed by atoms with Gasteiger partial charge >= 0.3 is 0 Å². The lowest BCUT2D eigenvalue weighted by Crippen LogP contribution is -1.94. The standard InChI is InChI=1S/C32H27ClFNO4/c1-18-21(14-28(34)22-10-11-23(17-37)30(15-22)38-3)6-4-7-24(18)25-8-5-9-26(19(25)2)32-35-29-13-20(16-36)12-27(33)31(29)39-32/h4-15,36-37H,16-17H2,1-3H3/b28-14-. The number of rotatable bonds is 7. The Balaban J connectivity index is 1.55. The maximum Gasteiger partial charge on any atom is 0.227 e. The zero-order valence-corrected chi connectivity index (χ0v) is 22.5. The Kier molecular flexibility index (Phi) is 7.53. The first-order valence-electron chi connectivity index (χ1n) is 12.4. The van der Waals surface area contributed by atoms with E-state index in [1.165, 1.54) is 13.2 Å². The summed E-state index contributed by atoms with van der Waals surface area (Å²) >= 11 is 6.37. The van der Waals surface area contributed by atoms with Gasteiger partial charge in [0, 0.05) is 16.7 Å². The molecule has 0 radical (unpaired) electrons. The van der Waals surface area contributed by atoms with Gasteiger partial charge in [0.2, 0.25) is 5.89 Å². The molecule has 0 unspecified atom stereocenters. The van der Waals surface area contributed by atoms with E-state index in [9.17, 15) is 10.2 Å². The van der Waals surface area contributed by atoms with Crippen molar-refractivity contribution in [3.8, 4) is 28.3 Å². The Bertz CT molecular complexity index is 1720. The molecule has 0 saturated carbocycles. The third-order valence-electron chi connectivity index (χ3n) is 6.93. The number of halogens is 2. The minimum absolute atomic E-state index is 0.140. The number of oxazole rings is 1. The Labute approximate surface area is 230 Å². The molecule has 0 atom stereocenters. The van der Waals surface area contributed by atoms with Crippen LogP contribution in [-0.4, -0.2) is 22.3 Å². The summed E-state index contributed by atoms with van der Waals surface area (Å²) in [5, 5.41) is 19.4. The predicted octanol–water partition coefficient (Wildman–Crippen LogP) is 7.89. The second kappa shape index (κ2) is 11.0. The van der Waals surface area contributed by atoms with Crippen molar-refractivity contribution in [2.75, 3.05) is 7.11 Å². The zero-order valence-electron chi connectivity index (χ0n) is 21.8. The Morgan fingerprint density at radius 2 is 1.67 bits per heavy atom. The monoisotopic (exact) mass is 543 g/mol. The van der Waals surface area contributed by atoms with Crippen molar-refractivity contribution in [2.24, 2.45) is 0 Å². The van der Waals surface area contributed by atoms with Gasteiger partial charge in [-0.05, 0) is 77.6 Å². The second-order valence-electron chi connectivity index (χ2n) is 9.28. The van der Waals surface area contributed by atoms with Gasteiger partial charge in [0.25, 0.3) is 0 Å². The number of nitrogens with zero attached hydrogens (tertiary/aromatic N) is 1. The third kappa shape index (κ3) is 5.06. The van der Waals surface area contributed by atoms with Crippen LogP contribution in [0.2, 0.25) is 5.02 Å². The van der Waals surface area contributed by atoms with Gasteiger partial charge in [-0.1, -0.05) is 54.1 Å². The van der Waals surface area contributed by atoms with E-state index in [4.69, 9.17) is 20.8 Å². The molecule has 2 N–H and O–H groups in total. The van der Waals surface area contributed by atoms with E-state index >= 15 is 4.39 Å². The fourth-order valence-electron chi connectivity index (χ4n) is 4.76. The molecule has 0 aliphatic carbocycles. The van der Waals surface area contributed by atoms with Crippen LogP contribution < -0.4 is 4.74 Å². The summed E-state index contributed by atoms with van der Waals surface area (Å²) in [4.78, 5) is 4.64. The molecule has 1 heterocycles. The van der Waals surface area contributed by atoms with E-state index in [-0.39, 0.29) is 13.2 Å². The molecule has 0 saturated heterocycles. The summed E-state index contributed by atoms with van der Waals surface area (Å²) in [6.07, 6.45) is 1.51. The number of hydrogen-bond donors (Lipinski definition) is 2. The number of benzene rings is 4. The molecule has 198 valence electrons. The highest BCUT2D eigenvalue weighted by Crippen LogP contribution is 2.37. The van der Waals surface area contributed by atoms with E-state index in [2.05, 4.69) is 4.98 Å². The van der Waals surface area contributed by atoms with Crippen molar-refractivity contribution in [3.63, 3.8) is 0 Å². The molecule has 39 heavy (non-hydrogen) atoms. The van der Waals surface area contributed by atoms with E-state index in [1.807, 2.05) is 50.2 Å². The molecule has 0 aliphatic rings. The van der Waals surface area contributed by atoms with Gasteiger partial charge in [-0.2, -0.15) is 0 Å². The van der Waals surface area contributed by atoms with Crippen LogP contribution in [0, 0.1) is 13.8 Å². The lowest BCUT2D eigenvalue weighted by Gasteiger charge is -2.14. The highest BCUT2D eigenvalue weighted by Gasteiger charge is 2.17. The van der Waals surface area contributed by atoms with Crippen molar-refractivity contribution >= 4 is 34.6 Å². The van der Waals surface area contributed by atoms with Gasteiger partial charge in [0.15, 0.2) is 5.58 Å². The Morgan fingerprint density at radius 1 is 0.949 bits per heavy atom. The van der Waals surface area contributed by atoms with Gasteiger partial charge in [-0.25, -0.2) is 9.37 Å². The highest BCUT2D eigenvalue weighted by atomic mass is 35.5. The number of hydrogen-bond acceptors (Lipinski definition) is 5. The van der Waals surface area contributed by atoms with Gasteiger partial charge in [0.05, 0.1) is 25.3 Å². The van der Waals surface area contributed by atoms with Crippen LogP contribution >= 0.6 is 11.6 Å². The summed E-state index contributed by atoms with van der Waals surface area (Å²) in [5.41, 5.74) is 8.02. The first-order chi connectivity index (χ1) is 18.8. The smallest absolute Gasteiger partial charge is 0.227 e. The molecule has 0 fully saturated rings. The summed E-state index contributed by atoms with van der Waals surface area (Å²) < 4.78 is 26.7. The van der Waals surface area contributed by atoms with Crippen LogP contribution in [0.5, 0.6) is 5.75 Å². The average molecular weight is 544 g/mol. The average Bonchev–Trinajstić information content (AvgIpc) is 3.38. The summed E-state index contributed by atoms with van der Waals surface area (Å²) in [5.74, 6) is 0.458. The summed E-state index contributed by atoms with van der Waals surface area (Å²) in [7, 11) is 1.49. The fraction of sp³-hybridized carbons (Fsp3) is 0.156. The van der Waals surface area contributed by atoms with Crippen molar-refractivity contribution in [3.05, 3.63) is 105 Å². The molecular weight excluding hydrogens is 517 g/mol. The van der Waals surface area contributed by atoms with Gasteiger partial charge in [-0.15, -0.1) is 0 Å². The van der Waals surface area contributed by atoms with Crippen molar-refractivity contribution in [2.45, 2.75) is 27.1 Å². The number of aliphatic hydroxyl groups excluding tert-OH is 2. The normalized spacial score (nSPS) is 11.8. The zero-order chi connectivity index (χ0) is 27.7. The van der Waals surface area contributed by atoms with Crippen LogP contribution in [-0.2, 0) is 13.2 Å². The molecule has 1 aromatic heterocycles. The number of fused-ring (bicyclic) bond motifs is 1. The van der Waals surface area contributed by atoms with Crippen LogP contribution in [0.15, 0.2) is 71.1 Å². The van der Waals surface area contributed by atoms with Crippen molar-refractivity contribution in [1.29, 1.82) is 0 Å². The molecule has 7 heteroatoms. The van der Waals surface area contributed by atoms with Crippen LogP contribution in [0.3, 0.4) is 0 Å². The van der Waals surface area contributed by atoms with E-state index < -0.39 is 5.83 Å². The second-order valence-corrected chi connectivity index (χ2v) is 9.69. The first kappa shape index (κ1) is 26.6. The Hall–Kier alpha value is -3.97. The maximum absolute atomic E-state index is 15.3. The molecule has 5 nitrogen and oxygen atoms in total. The molecule has 0 bridgehead atoms. The van der Waals surface area contributed by atoms with E-state index in [1.54, 1.807) is 30.3 Å². The number of methoxy groups -OCH3 is 1. The number of aliphatic hydroxyl groups is 2. The maximum atomic E-state index is 15.3. The first-order valence-corrected chi connectivity index (χ1v) is 12.8.